The number of carboxylic acid groups (broad SMARTS) is 1. The van der Waals surface area contributed by atoms with Crippen LogP contribution >= 0.6 is 11.6 Å². The third kappa shape index (κ3) is 4.66. The van der Waals surface area contributed by atoms with Crippen LogP contribution in [0.4, 0.5) is 4.39 Å². The van der Waals surface area contributed by atoms with Crippen LogP contribution in [0.1, 0.15) is 13.8 Å². The van der Waals surface area contributed by atoms with E-state index in [-0.39, 0.29) is 10.9 Å². The average molecular weight is 416 g/mol. The molecule has 0 atom stereocenters. The van der Waals surface area contributed by atoms with Gasteiger partial charge in [-0.05, 0) is 55.3 Å². The van der Waals surface area contributed by atoms with E-state index in [0.29, 0.717) is 22.6 Å². The van der Waals surface area contributed by atoms with Crippen LogP contribution in [-0.4, -0.2) is 28.8 Å². The number of rotatable bonds is 6. The summed E-state index contributed by atoms with van der Waals surface area (Å²) < 4.78 is 24.9. The van der Waals surface area contributed by atoms with Gasteiger partial charge in [-0.1, -0.05) is 29.8 Å². The summed E-state index contributed by atoms with van der Waals surface area (Å²) in [7, 11) is 1.57. The van der Waals surface area contributed by atoms with Gasteiger partial charge in [0.1, 0.15) is 11.6 Å². The predicted molar refractivity (Wildman–Crippen MR) is 109 cm³/mol. The molecule has 1 heterocycles. The molecule has 29 heavy (non-hydrogen) atoms. The van der Waals surface area contributed by atoms with Crippen LogP contribution in [-0.2, 0) is 4.79 Å². The van der Waals surface area contributed by atoms with Crippen LogP contribution in [0.2, 0.25) is 5.02 Å². The zero-order valence-corrected chi connectivity index (χ0v) is 16.8. The van der Waals surface area contributed by atoms with Gasteiger partial charge in [0, 0.05) is 11.6 Å². The summed E-state index contributed by atoms with van der Waals surface area (Å²) in [6, 6.07) is 15.1. The smallest absolute Gasteiger partial charge is 0.347 e. The van der Waals surface area contributed by atoms with E-state index in [1.165, 1.54) is 26.0 Å². The summed E-state index contributed by atoms with van der Waals surface area (Å²) in [5.41, 5.74) is 0.912. The molecular formula is C22H19ClFNO4. The van der Waals surface area contributed by atoms with Crippen LogP contribution in [0.3, 0.4) is 0 Å². The Balaban J connectivity index is 2.15. The molecule has 0 unspecified atom stereocenters. The van der Waals surface area contributed by atoms with Gasteiger partial charge in [0.25, 0.3) is 0 Å². The molecule has 1 N–H and O–H groups in total. The molecule has 5 nitrogen and oxygen atoms in total. The number of nitrogens with zero attached hydrogens (tertiary/aromatic N) is 1. The lowest BCUT2D eigenvalue weighted by Crippen LogP contribution is -2.38. The van der Waals surface area contributed by atoms with Crippen molar-refractivity contribution >= 4 is 17.6 Å². The predicted octanol–water partition coefficient (Wildman–Crippen LogP) is 5.46. The Bertz CT molecular complexity index is 1070. The molecule has 0 bridgehead atoms. The quantitative estimate of drug-likeness (QED) is 0.579. The van der Waals surface area contributed by atoms with E-state index < -0.39 is 17.4 Å². The largest absolute Gasteiger partial charge is 0.497 e. The van der Waals surface area contributed by atoms with E-state index in [0.717, 1.165) is 5.56 Å². The molecule has 0 saturated heterocycles. The van der Waals surface area contributed by atoms with E-state index in [2.05, 4.69) is 4.98 Å². The van der Waals surface area contributed by atoms with Crippen molar-refractivity contribution in [3.8, 4) is 34.0 Å². The standard InChI is InChI=1S/C22H19ClFNO4/c1-22(2,21(26)27)29-20-12-15(13-5-4-6-16(9-13)28-3)11-19(25-20)14-7-8-17(23)18(24)10-14/h4-12H,1-3H3,(H,26,27). The highest BCUT2D eigenvalue weighted by Crippen LogP contribution is 2.32. The number of hydrogen-bond donors (Lipinski definition) is 1. The normalized spacial score (nSPS) is 11.2. The number of hydrogen-bond acceptors (Lipinski definition) is 4. The first-order valence-corrected chi connectivity index (χ1v) is 9.12. The molecule has 0 fully saturated rings. The maximum Gasteiger partial charge on any atom is 0.347 e. The first-order valence-electron chi connectivity index (χ1n) is 8.74. The van der Waals surface area contributed by atoms with E-state index in [1.807, 2.05) is 24.3 Å². The lowest BCUT2D eigenvalue weighted by molar-refractivity contribution is -0.152. The third-order valence-corrected chi connectivity index (χ3v) is 4.60. The number of methoxy groups -OCH3 is 1. The number of carboxylic acids is 1. The second kappa shape index (κ2) is 8.09. The summed E-state index contributed by atoms with van der Waals surface area (Å²) in [5, 5.41) is 9.38. The summed E-state index contributed by atoms with van der Waals surface area (Å²) in [4.78, 5) is 15.9. The van der Waals surface area contributed by atoms with Crippen molar-refractivity contribution in [2.24, 2.45) is 0 Å². The van der Waals surface area contributed by atoms with Gasteiger partial charge in [-0.3, -0.25) is 0 Å². The fourth-order valence-electron chi connectivity index (χ4n) is 2.64. The van der Waals surface area contributed by atoms with Crippen LogP contribution in [0.5, 0.6) is 11.6 Å². The van der Waals surface area contributed by atoms with Crippen LogP contribution in [0.25, 0.3) is 22.4 Å². The molecule has 0 amide bonds. The van der Waals surface area contributed by atoms with Gasteiger partial charge in [0.2, 0.25) is 11.5 Å². The second-order valence-corrected chi connectivity index (χ2v) is 7.26. The van der Waals surface area contributed by atoms with Gasteiger partial charge >= 0.3 is 5.97 Å². The van der Waals surface area contributed by atoms with Gasteiger partial charge in [0.05, 0.1) is 17.8 Å². The Hall–Kier alpha value is -3.12. The number of aliphatic carboxylic acids is 1. The topological polar surface area (TPSA) is 68.7 Å². The van der Waals surface area contributed by atoms with Crippen LogP contribution in [0.15, 0.2) is 54.6 Å². The lowest BCUT2D eigenvalue weighted by atomic mass is 10.0. The molecule has 0 spiro atoms. The van der Waals surface area contributed by atoms with Crippen molar-refractivity contribution in [2.75, 3.05) is 7.11 Å². The molecule has 0 saturated carbocycles. The van der Waals surface area contributed by atoms with Crippen molar-refractivity contribution in [2.45, 2.75) is 19.4 Å². The third-order valence-electron chi connectivity index (χ3n) is 4.30. The zero-order chi connectivity index (χ0) is 21.2. The molecule has 0 aliphatic carbocycles. The highest BCUT2D eigenvalue weighted by atomic mass is 35.5. The SMILES string of the molecule is COc1cccc(-c2cc(OC(C)(C)C(=O)O)nc(-c3ccc(Cl)c(F)c3)c2)c1. The minimum absolute atomic E-state index is 0.00110. The highest BCUT2D eigenvalue weighted by Gasteiger charge is 2.30. The summed E-state index contributed by atoms with van der Waals surface area (Å²) in [6.07, 6.45) is 0. The zero-order valence-electron chi connectivity index (χ0n) is 16.1. The molecule has 0 radical (unpaired) electrons. The molecule has 1 aromatic heterocycles. The minimum atomic E-state index is -1.50. The van der Waals surface area contributed by atoms with E-state index in [1.54, 1.807) is 25.3 Å². The number of aromatic nitrogens is 1. The van der Waals surface area contributed by atoms with E-state index in [4.69, 9.17) is 21.1 Å². The lowest BCUT2D eigenvalue weighted by Gasteiger charge is -2.21. The molecule has 0 aliphatic rings. The van der Waals surface area contributed by atoms with E-state index >= 15 is 0 Å². The van der Waals surface area contributed by atoms with E-state index in [9.17, 15) is 14.3 Å². The Morgan fingerprint density at radius 3 is 2.48 bits per heavy atom. The number of halogens is 2. The van der Waals surface area contributed by atoms with Crippen molar-refractivity contribution in [1.82, 2.24) is 4.98 Å². The number of pyridine rings is 1. The molecule has 7 heteroatoms. The molecule has 3 rings (SSSR count). The summed E-state index contributed by atoms with van der Waals surface area (Å²) in [6.45, 7) is 2.85. The average Bonchev–Trinajstić information content (AvgIpc) is 2.69. The number of ether oxygens (including phenoxy) is 2. The number of benzene rings is 2. The van der Waals surface area contributed by atoms with Crippen molar-refractivity contribution < 1.29 is 23.8 Å². The first-order chi connectivity index (χ1) is 13.7. The highest BCUT2D eigenvalue weighted by molar-refractivity contribution is 6.30. The summed E-state index contributed by atoms with van der Waals surface area (Å²) >= 11 is 5.78. The van der Waals surface area contributed by atoms with Crippen LogP contribution in [0, 0.1) is 5.82 Å². The molecule has 2 aromatic carbocycles. The van der Waals surface area contributed by atoms with Crippen LogP contribution < -0.4 is 9.47 Å². The van der Waals surface area contributed by atoms with Gasteiger partial charge in [-0.25, -0.2) is 14.2 Å². The fraction of sp³-hybridized carbons (Fsp3) is 0.182. The minimum Gasteiger partial charge on any atom is -0.497 e. The summed E-state index contributed by atoms with van der Waals surface area (Å²) in [5.74, 6) is -0.953. The van der Waals surface area contributed by atoms with Gasteiger partial charge in [0.15, 0.2) is 0 Å². The maximum absolute atomic E-state index is 14.0. The molecule has 150 valence electrons. The monoisotopic (exact) mass is 415 g/mol. The fourth-order valence-corrected chi connectivity index (χ4v) is 2.75. The van der Waals surface area contributed by atoms with Gasteiger partial charge < -0.3 is 14.6 Å². The Kier molecular flexibility index (Phi) is 5.75. The Morgan fingerprint density at radius 2 is 1.83 bits per heavy atom. The Labute approximate surface area is 172 Å². The maximum atomic E-state index is 14.0. The Morgan fingerprint density at radius 1 is 1.07 bits per heavy atom. The molecule has 0 aliphatic heterocycles. The second-order valence-electron chi connectivity index (χ2n) is 6.86. The van der Waals surface area contributed by atoms with Crippen molar-refractivity contribution in [3.05, 3.63) is 65.4 Å². The molecular weight excluding hydrogens is 397 g/mol. The van der Waals surface area contributed by atoms with Crippen molar-refractivity contribution in [1.29, 1.82) is 0 Å². The first kappa shape index (κ1) is 20.6. The molecule has 3 aromatic rings. The van der Waals surface area contributed by atoms with Gasteiger partial charge in [-0.15, -0.1) is 0 Å². The number of carbonyl (C=O) groups is 1. The van der Waals surface area contributed by atoms with Crippen molar-refractivity contribution in [3.63, 3.8) is 0 Å². The van der Waals surface area contributed by atoms with Gasteiger partial charge in [-0.2, -0.15) is 0 Å².